The van der Waals surface area contributed by atoms with Crippen molar-refractivity contribution in [2.75, 3.05) is 0 Å². The highest BCUT2D eigenvalue weighted by Gasteiger charge is 2.38. The lowest BCUT2D eigenvalue weighted by Gasteiger charge is -2.42. The summed E-state index contributed by atoms with van der Waals surface area (Å²) in [4.78, 5) is 4.61. The summed E-state index contributed by atoms with van der Waals surface area (Å²) < 4.78 is 33.5. The lowest BCUT2D eigenvalue weighted by Crippen LogP contribution is -2.26. The Kier molecular flexibility index (Phi) is 15.5. The van der Waals surface area contributed by atoms with E-state index in [-0.39, 0.29) is 0 Å². The second-order valence-corrected chi connectivity index (χ2v) is 29.4. The normalized spacial score (nSPS) is 13.8. The molecule has 0 amide bonds. The zero-order chi connectivity index (χ0) is 50.7. The molecule has 0 aliphatic heterocycles. The van der Waals surface area contributed by atoms with Crippen molar-refractivity contribution in [3.63, 3.8) is 0 Å². The fraction of sp³-hybridized carbons (Fsp3) is 0.323. The summed E-state index contributed by atoms with van der Waals surface area (Å²) in [6.07, 6.45) is 0. The minimum atomic E-state index is -2.35. The summed E-state index contributed by atoms with van der Waals surface area (Å²) in [6.45, 7) is 31.3. The first-order valence-electron chi connectivity index (χ1n) is 24.1. The van der Waals surface area contributed by atoms with E-state index >= 15 is 0 Å². The van der Waals surface area contributed by atoms with Crippen molar-refractivity contribution in [2.24, 2.45) is 0 Å². The molecule has 1 unspecified atom stereocenters. The maximum atomic E-state index is 6.92. The molecule has 1 atom stereocenters. The van der Waals surface area contributed by atoms with Crippen LogP contribution in [0.2, 0.25) is 0 Å². The summed E-state index contributed by atoms with van der Waals surface area (Å²) in [5, 5.41) is 0. The zero-order valence-electron chi connectivity index (χ0n) is 43.9. The number of hydrogen-bond donors (Lipinski definition) is 0. The number of benzene rings is 7. The molecule has 0 fully saturated rings. The minimum Gasteiger partial charge on any atom is -0.488 e. The monoisotopic (exact) mass is 992 g/mol. The molecule has 0 aromatic heterocycles. The Balaban J connectivity index is 1.70. The largest absolute Gasteiger partial charge is 0.488 e. The van der Waals surface area contributed by atoms with Gasteiger partial charge in [-0.3, -0.25) is 0 Å². The molecule has 7 rings (SSSR count). The van der Waals surface area contributed by atoms with Gasteiger partial charge in [-0.2, -0.15) is 0 Å². The molecule has 0 heterocycles. The molecular weight excluding hydrogens is 921 g/mol. The average molecular weight is 993 g/mol. The van der Waals surface area contributed by atoms with Gasteiger partial charge in [0.15, 0.2) is 11.5 Å². The van der Waals surface area contributed by atoms with Crippen LogP contribution in [0.3, 0.4) is 0 Å². The van der Waals surface area contributed by atoms with E-state index < -0.39 is 37.1 Å². The van der Waals surface area contributed by atoms with Crippen LogP contribution in [0.4, 0.5) is 0 Å². The van der Waals surface area contributed by atoms with Gasteiger partial charge in [0.05, 0.1) is 0 Å². The van der Waals surface area contributed by atoms with Gasteiger partial charge >= 0.3 is 0 Å². The van der Waals surface area contributed by atoms with Crippen LogP contribution in [0, 0.1) is 0 Å². The van der Waals surface area contributed by atoms with E-state index in [2.05, 4.69) is 262 Å². The van der Waals surface area contributed by atoms with Crippen LogP contribution in [0.15, 0.2) is 183 Å². The van der Waals surface area contributed by atoms with Gasteiger partial charge in [-0.25, -0.2) is 0 Å². The Morgan fingerprint density at radius 1 is 0.343 bits per heavy atom. The van der Waals surface area contributed by atoms with E-state index in [9.17, 15) is 0 Å². The summed E-state index contributed by atoms with van der Waals surface area (Å²) in [7, 11) is 1.35. The Morgan fingerprint density at radius 2 is 0.786 bits per heavy atom. The first kappa shape index (κ1) is 52.4. The molecule has 0 bridgehead atoms. The van der Waals surface area contributed by atoms with Gasteiger partial charge in [-0.1, -0.05) is 87.9 Å². The van der Waals surface area contributed by atoms with Crippen LogP contribution >= 0.6 is 29.7 Å². The Labute approximate surface area is 428 Å². The highest BCUT2D eigenvalue weighted by molar-refractivity contribution is 9.19. The SMILES string of the molecule is CC(C)(C)Oc1cccc(-c2ccc(S(SSc3ccccc3)(c3ccccc3)c3ccc(OC(C)(C)C)c(OC(C)(C)C)c3)c(-c3cccc(OC(C)(C)C)c3)c2-c2cccc(OC(C)(C)C)c2)c1. The number of hydrogen-bond acceptors (Lipinski definition) is 7. The fourth-order valence-electron chi connectivity index (χ4n) is 8.04. The summed E-state index contributed by atoms with van der Waals surface area (Å²) in [5.41, 5.74) is 4.07. The van der Waals surface area contributed by atoms with Crippen molar-refractivity contribution in [2.45, 2.75) is 151 Å². The van der Waals surface area contributed by atoms with Gasteiger partial charge in [0.1, 0.15) is 45.3 Å². The fourth-order valence-corrected chi connectivity index (χ4v) is 17.7. The van der Waals surface area contributed by atoms with Gasteiger partial charge in [0.25, 0.3) is 0 Å². The molecule has 0 aliphatic carbocycles. The Morgan fingerprint density at radius 3 is 1.29 bits per heavy atom. The van der Waals surface area contributed by atoms with Crippen molar-refractivity contribution < 1.29 is 23.7 Å². The van der Waals surface area contributed by atoms with Gasteiger partial charge in [-0.15, -0.1) is 0 Å². The minimum absolute atomic E-state index is 0.391. The molecular formula is C62H72O5S3. The number of rotatable bonds is 14. The molecule has 7 aromatic carbocycles. The summed E-state index contributed by atoms with van der Waals surface area (Å²) in [5.74, 6) is 3.77. The third-order valence-electron chi connectivity index (χ3n) is 10.3. The molecule has 5 nitrogen and oxygen atoms in total. The van der Waals surface area contributed by atoms with E-state index in [1.54, 1.807) is 10.8 Å². The highest BCUT2D eigenvalue weighted by atomic mass is 33.5. The predicted molar refractivity (Wildman–Crippen MR) is 300 cm³/mol. The van der Waals surface area contributed by atoms with E-state index in [0.717, 1.165) is 65.3 Å². The van der Waals surface area contributed by atoms with Gasteiger partial charge in [-0.05, 0) is 237 Å². The number of ether oxygens (including phenoxy) is 5. The molecule has 0 radical (unpaired) electrons. The van der Waals surface area contributed by atoms with Crippen LogP contribution in [-0.2, 0) is 0 Å². The maximum Gasteiger partial charge on any atom is 0.163 e. The maximum absolute atomic E-state index is 6.92. The predicted octanol–water partition coefficient (Wildman–Crippen LogP) is 19.2. The third kappa shape index (κ3) is 13.7. The van der Waals surface area contributed by atoms with Gasteiger partial charge in [0, 0.05) is 25.1 Å². The third-order valence-corrected chi connectivity index (χ3v) is 19.4. The molecule has 0 saturated heterocycles. The quantitative estimate of drug-likeness (QED) is 0.101. The molecule has 0 spiro atoms. The van der Waals surface area contributed by atoms with Gasteiger partial charge < -0.3 is 23.7 Å². The van der Waals surface area contributed by atoms with Crippen molar-refractivity contribution in [3.05, 3.63) is 164 Å². The van der Waals surface area contributed by atoms with E-state index in [1.165, 1.54) is 4.90 Å². The lowest BCUT2D eigenvalue weighted by molar-refractivity contribution is 0.0954. The van der Waals surface area contributed by atoms with Crippen LogP contribution in [-0.4, -0.2) is 28.0 Å². The summed E-state index contributed by atoms with van der Waals surface area (Å²) in [6, 6.07) is 58.7. The van der Waals surface area contributed by atoms with Crippen LogP contribution in [0.1, 0.15) is 104 Å². The molecule has 368 valence electrons. The Bertz CT molecular complexity index is 2880. The summed E-state index contributed by atoms with van der Waals surface area (Å²) >= 11 is 0. The second-order valence-electron chi connectivity index (χ2n) is 22.5. The Hall–Kier alpha value is -5.41. The van der Waals surface area contributed by atoms with Crippen LogP contribution < -0.4 is 23.7 Å². The highest BCUT2D eigenvalue weighted by Crippen LogP contribution is 2.82. The van der Waals surface area contributed by atoms with Crippen molar-refractivity contribution in [1.82, 2.24) is 0 Å². The molecule has 7 aromatic rings. The van der Waals surface area contributed by atoms with Gasteiger partial charge in [0.2, 0.25) is 0 Å². The first-order valence-corrected chi connectivity index (χ1v) is 28.4. The topological polar surface area (TPSA) is 46.2 Å². The standard InChI is InChI=1S/C62H72O5S3/c1-58(2,3)63-46-28-22-25-43(39-46)52-36-38-55(57(45-27-24-30-48(41-45)65-60(7,8)9)56(52)44-26-23-29-47(40-44)64-59(4,5)6)70(50-33-20-17-21-34-50,69-68-49-31-18-16-19-32-49)51-35-37-53(66-61(10,11)12)54(42-51)67-62(13,14)15/h16-42H,1-15H3. The lowest BCUT2D eigenvalue weighted by atomic mass is 9.87. The smallest absolute Gasteiger partial charge is 0.163 e. The van der Waals surface area contributed by atoms with Crippen molar-refractivity contribution >= 4 is 29.7 Å². The first-order chi connectivity index (χ1) is 32.8. The molecule has 8 heteroatoms. The van der Waals surface area contributed by atoms with E-state index in [1.807, 2.05) is 15.9 Å². The average Bonchev–Trinajstić information content (AvgIpc) is 3.25. The molecule has 0 N–H and O–H groups in total. The zero-order valence-corrected chi connectivity index (χ0v) is 46.3. The van der Waals surface area contributed by atoms with E-state index in [0.29, 0.717) is 11.5 Å². The van der Waals surface area contributed by atoms with Crippen molar-refractivity contribution in [1.29, 1.82) is 0 Å². The van der Waals surface area contributed by atoms with Crippen molar-refractivity contribution in [3.8, 4) is 62.1 Å². The second kappa shape index (κ2) is 20.7. The molecule has 0 saturated carbocycles. The molecule has 70 heavy (non-hydrogen) atoms. The molecule has 0 aliphatic rings. The van der Waals surface area contributed by atoms with Crippen LogP contribution in [0.25, 0.3) is 33.4 Å². The van der Waals surface area contributed by atoms with Crippen LogP contribution in [0.5, 0.6) is 28.7 Å². The van der Waals surface area contributed by atoms with E-state index in [4.69, 9.17) is 23.7 Å².